The molecule has 1 atom stereocenters. The van der Waals surface area contributed by atoms with Crippen LogP contribution in [0.3, 0.4) is 0 Å². The third-order valence-corrected chi connectivity index (χ3v) is 2.93. The average Bonchev–Trinajstić information content (AvgIpc) is 2.38. The first-order valence-corrected chi connectivity index (χ1v) is 6.38. The number of thiol groups is 1. The Morgan fingerprint density at radius 1 is 1.35 bits per heavy atom. The Morgan fingerprint density at radius 3 is 2.82 bits per heavy atom. The Bertz CT molecular complexity index is 466. The van der Waals surface area contributed by atoms with Crippen molar-refractivity contribution in [2.75, 3.05) is 0 Å². The number of ether oxygens (including phenoxy) is 2. The van der Waals surface area contributed by atoms with Crippen molar-refractivity contribution in [3.8, 4) is 0 Å². The predicted molar refractivity (Wildman–Crippen MR) is 63.1 cm³/mol. The van der Waals surface area contributed by atoms with Crippen LogP contribution < -0.4 is 4.72 Å². The molecule has 92 valence electrons. The van der Waals surface area contributed by atoms with E-state index in [9.17, 15) is 8.42 Å². The van der Waals surface area contributed by atoms with E-state index in [1.807, 2.05) is 18.2 Å². The van der Waals surface area contributed by atoms with E-state index < -0.39 is 16.9 Å². The maximum Gasteiger partial charge on any atom is 0.202 e. The molecule has 2 rings (SSSR count). The van der Waals surface area contributed by atoms with Gasteiger partial charge in [0.1, 0.15) is 24.8 Å². The number of nitrogens with one attached hydrogen (secondary N) is 1. The quantitative estimate of drug-likeness (QED) is 0.739. The highest BCUT2D eigenvalue weighted by Gasteiger charge is 2.22. The van der Waals surface area contributed by atoms with Crippen LogP contribution >= 0.6 is 0 Å². The predicted octanol–water partition coefficient (Wildman–Crippen LogP) is 1.11. The van der Waals surface area contributed by atoms with Crippen LogP contribution in [0.5, 0.6) is 0 Å². The molecule has 17 heavy (non-hydrogen) atoms. The minimum Gasteiger partial charge on any atom is -0.466 e. The van der Waals surface area contributed by atoms with Crippen LogP contribution in [0, 0.1) is 0 Å². The third-order valence-electron chi connectivity index (χ3n) is 2.46. The van der Waals surface area contributed by atoms with Gasteiger partial charge in [0.05, 0.1) is 0 Å². The zero-order valence-electron chi connectivity index (χ0n) is 9.04. The smallest absolute Gasteiger partial charge is 0.202 e. The van der Waals surface area contributed by atoms with Crippen molar-refractivity contribution in [1.82, 2.24) is 4.72 Å². The van der Waals surface area contributed by atoms with Crippen molar-refractivity contribution in [3.05, 3.63) is 48.3 Å². The average molecular weight is 255 g/mol. The molecule has 1 heterocycles. The molecule has 2 aliphatic rings. The van der Waals surface area contributed by atoms with Gasteiger partial charge in [0, 0.05) is 0 Å². The maximum atomic E-state index is 10.8. The van der Waals surface area contributed by atoms with Gasteiger partial charge in [0.25, 0.3) is 0 Å². The van der Waals surface area contributed by atoms with E-state index >= 15 is 0 Å². The fourth-order valence-electron chi connectivity index (χ4n) is 1.71. The van der Waals surface area contributed by atoms with Crippen LogP contribution in [0.25, 0.3) is 0 Å². The highest BCUT2D eigenvalue weighted by Crippen LogP contribution is 2.23. The Hall–Kier alpha value is -1.53. The molecule has 0 amide bonds. The zero-order chi connectivity index (χ0) is 12.1. The Kier molecular flexibility index (Phi) is 4.00. The lowest BCUT2D eigenvalue weighted by Gasteiger charge is -2.23. The molecule has 5 nitrogen and oxygen atoms in total. The van der Waals surface area contributed by atoms with Crippen molar-refractivity contribution in [2.24, 2.45) is 0 Å². The molecule has 0 aromatic heterocycles. The summed E-state index contributed by atoms with van der Waals surface area (Å²) >= 11 is 0. The monoisotopic (exact) mass is 255 g/mol. The fourth-order valence-corrected chi connectivity index (χ4v) is 2.21. The Labute approximate surface area is 101 Å². The first-order chi connectivity index (χ1) is 8.27. The van der Waals surface area contributed by atoms with Gasteiger partial charge in [-0.3, -0.25) is 0 Å². The summed E-state index contributed by atoms with van der Waals surface area (Å²) in [4.78, 5) is 0. The van der Waals surface area contributed by atoms with Crippen LogP contribution in [0.2, 0.25) is 0 Å². The molecule has 1 N–H and O–H groups in total. The zero-order valence-corrected chi connectivity index (χ0v) is 9.93. The van der Waals surface area contributed by atoms with E-state index in [-0.39, 0.29) is 0 Å². The topological polar surface area (TPSA) is 64.6 Å². The number of rotatable bonds is 4. The first kappa shape index (κ1) is 11.9. The molecule has 0 bridgehead atoms. The first-order valence-electron chi connectivity index (χ1n) is 5.21. The van der Waals surface area contributed by atoms with E-state index in [4.69, 9.17) is 9.47 Å². The van der Waals surface area contributed by atoms with Gasteiger partial charge in [0.15, 0.2) is 5.76 Å². The third kappa shape index (κ3) is 3.21. The molecule has 0 aromatic rings. The van der Waals surface area contributed by atoms with E-state index in [1.165, 1.54) is 18.8 Å². The Morgan fingerprint density at radius 2 is 2.24 bits per heavy atom. The molecule has 0 saturated carbocycles. The largest absolute Gasteiger partial charge is 0.466 e. The van der Waals surface area contributed by atoms with Gasteiger partial charge in [0.2, 0.25) is 10.9 Å². The van der Waals surface area contributed by atoms with Gasteiger partial charge in [-0.2, -0.15) is 0 Å². The molecule has 0 saturated heterocycles. The summed E-state index contributed by atoms with van der Waals surface area (Å²) in [5, 5.41) is 0. The molecule has 1 aliphatic carbocycles. The number of allylic oxidation sites excluding steroid dienone is 3. The lowest BCUT2D eigenvalue weighted by Crippen LogP contribution is -2.33. The molecule has 1 aliphatic heterocycles. The molecule has 0 spiro atoms. The van der Waals surface area contributed by atoms with Crippen LogP contribution in [0.4, 0.5) is 0 Å². The summed E-state index contributed by atoms with van der Waals surface area (Å²) in [6, 6.07) is -0.494. The van der Waals surface area contributed by atoms with Crippen LogP contribution in [0.1, 0.15) is 12.8 Å². The second kappa shape index (κ2) is 5.70. The summed E-state index contributed by atoms with van der Waals surface area (Å²) in [5.74, 6) is 0.438. The summed E-state index contributed by atoms with van der Waals surface area (Å²) in [6.07, 6.45) is 11.7. The molecule has 0 fully saturated rings. The van der Waals surface area contributed by atoms with Gasteiger partial charge < -0.3 is 9.47 Å². The molecule has 0 radical (unpaired) electrons. The molecular formula is C11H13NO4S. The van der Waals surface area contributed by atoms with Crippen molar-refractivity contribution < 1.29 is 17.9 Å². The number of hydrogen-bond donors (Lipinski definition) is 2. The second-order valence-electron chi connectivity index (χ2n) is 3.57. The molecule has 6 heteroatoms. The fraction of sp³-hybridized carbons (Fsp3) is 0.273. The van der Waals surface area contributed by atoms with Crippen LogP contribution in [-0.2, 0) is 20.4 Å². The minimum absolute atomic E-state index is 0.438. The SMILES string of the molecule is O=[SH](=O)NC(C1=CC=CCC1)C1=COC=CO1. The van der Waals surface area contributed by atoms with Gasteiger partial charge in [-0.15, -0.1) is 0 Å². The van der Waals surface area contributed by atoms with Gasteiger partial charge >= 0.3 is 0 Å². The second-order valence-corrected chi connectivity index (χ2v) is 4.35. The lowest BCUT2D eigenvalue weighted by atomic mass is 9.97. The van der Waals surface area contributed by atoms with E-state index in [0.29, 0.717) is 5.76 Å². The summed E-state index contributed by atoms with van der Waals surface area (Å²) in [6.45, 7) is 0. The number of hydrogen-bond acceptors (Lipinski definition) is 4. The highest BCUT2D eigenvalue weighted by atomic mass is 32.2. The minimum atomic E-state index is -2.70. The lowest BCUT2D eigenvalue weighted by molar-refractivity contribution is 0.239. The normalized spacial score (nSPS) is 20.3. The molecular weight excluding hydrogens is 242 g/mol. The Balaban J connectivity index is 2.20. The summed E-state index contributed by atoms with van der Waals surface area (Å²) < 4.78 is 34.4. The van der Waals surface area contributed by atoms with Crippen LogP contribution in [0.15, 0.2) is 48.3 Å². The van der Waals surface area contributed by atoms with Crippen molar-refractivity contribution in [3.63, 3.8) is 0 Å². The summed E-state index contributed by atoms with van der Waals surface area (Å²) in [5.41, 5.74) is 0.955. The molecule has 0 aromatic carbocycles. The highest BCUT2D eigenvalue weighted by molar-refractivity contribution is 7.70. The van der Waals surface area contributed by atoms with E-state index in [2.05, 4.69) is 4.72 Å². The maximum absolute atomic E-state index is 10.8. The van der Waals surface area contributed by atoms with Crippen molar-refractivity contribution >= 4 is 10.9 Å². The standard InChI is InChI=1S/C11H13NO4S/c13-17(14)12-11(9-4-2-1-3-5-9)10-8-15-6-7-16-10/h1-2,4,6-8,11,17H,3,5H2,(H,12,13,14). The van der Waals surface area contributed by atoms with Gasteiger partial charge in [-0.1, -0.05) is 18.2 Å². The van der Waals surface area contributed by atoms with Crippen molar-refractivity contribution in [2.45, 2.75) is 18.9 Å². The summed E-state index contributed by atoms with van der Waals surface area (Å²) in [7, 11) is -2.70. The van der Waals surface area contributed by atoms with E-state index in [0.717, 1.165) is 18.4 Å². The van der Waals surface area contributed by atoms with Crippen molar-refractivity contribution in [1.29, 1.82) is 0 Å². The van der Waals surface area contributed by atoms with E-state index in [1.54, 1.807) is 0 Å². The molecule has 1 unspecified atom stereocenters. The van der Waals surface area contributed by atoms with Crippen LogP contribution in [-0.4, -0.2) is 14.5 Å². The van der Waals surface area contributed by atoms with Gasteiger partial charge in [-0.25, -0.2) is 13.1 Å². The van der Waals surface area contributed by atoms with Gasteiger partial charge in [-0.05, 0) is 18.4 Å².